The molecule has 0 aliphatic carbocycles. The van der Waals surface area contributed by atoms with E-state index in [0.29, 0.717) is 18.0 Å². The molecule has 0 aliphatic rings. The van der Waals surface area contributed by atoms with Crippen LogP contribution < -0.4 is 0 Å². The first kappa shape index (κ1) is 12.8. The Balaban J connectivity index is 2.11. The van der Waals surface area contributed by atoms with Crippen LogP contribution in [0.2, 0.25) is 0 Å². The largest absolute Gasteiger partial charge is 0.438 e. The van der Waals surface area contributed by atoms with E-state index < -0.39 is 0 Å². The second kappa shape index (κ2) is 5.35. The monoisotopic (exact) mass is 308 g/mol. The molecule has 0 bridgehead atoms. The van der Waals surface area contributed by atoms with Gasteiger partial charge in [-0.2, -0.15) is 0 Å². The fraction of sp³-hybridized carbons (Fsp3) is 0.231. The average molecular weight is 309 g/mol. The molecule has 0 saturated carbocycles. The highest BCUT2D eigenvalue weighted by atomic mass is 79.9. The summed E-state index contributed by atoms with van der Waals surface area (Å²) in [6, 6.07) is 7.85. The Kier molecular flexibility index (Phi) is 3.81. The van der Waals surface area contributed by atoms with E-state index in [0.717, 1.165) is 10.0 Å². The first-order valence-electron chi connectivity index (χ1n) is 5.48. The van der Waals surface area contributed by atoms with Gasteiger partial charge >= 0.3 is 0 Å². The van der Waals surface area contributed by atoms with Gasteiger partial charge < -0.3 is 9.32 Å². The Labute approximate surface area is 114 Å². The van der Waals surface area contributed by atoms with Gasteiger partial charge in [-0.15, -0.1) is 0 Å². The van der Waals surface area contributed by atoms with Crippen LogP contribution in [-0.2, 0) is 6.54 Å². The van der Waals surface area contributed by atoms with Crippen LogP contribution in [0.3, 0.4) is 0 Å². The average Bonchev–Trinajstić information content (AvgIpc) is 2.74. The molecule has 4 nitrogen and oxygen atoms in total. The number of carbonyl (C=O) groups excluding carboxylic acids is 1. The van der Waals surface area contributed by atoms with Crippen LogP contribution in [0.1, 0.15) is 21.8 Å². The molecule has 0 saturated heterocycles. The zero-order valence-corrected chi connectivity index (χ0v) is 11.8. The minimum absolute atomic E-state index is 0.162. The van der Waals surface area contributed by atoms with Gasteiger partial charge in [0.1, 0.15) is 0 Å². The molecule has 1 aromatic heterocycles. The van der Waals surface area contributed by atoms with E-state index in [1.807, 2.05) is 24.3 Å². The molecule has 1 aromatic carbocycles. The number of oxazole rings is 1. The highest BCUT2D eigenvalue weighted by molar-refractivity contribution is 9.10. The van der Waals surface area contributed by atoms with Gasteiger partial charge in [0.2, 0.25) is 5.76 Å². The summed E-state index contributed by atoms with van der Waals surface area (Å²) in [6.45, 7) is 2.28. The summed E-state index contributed by atoms with van der Waals surface area (Å²) >= 11 is 3.41. The molecule has 2 rings (SSSR count). The van der Waals surface area contributed by atoms with Crippen molar-refractivity contribution >= 4 is 21.8 Å². The van der Waals surface area contributed by atoms with Crippen LogP contribution in [0, 0.1) is 6.92 Å². The molecule has 0 unspecified atom stereocenters. The topological polar surface area (TPSA) is 46.3 Å². The van der Waals surface area contributed by atoms with E-state index in [2.05, 4.69) is 20.9 Å². The number of halogens is 1. The molecule has 5 heteroatoms. The van der Waals surface area contributed by atoms with Gasteiger partial charge in [-0.3, -0.25) is 4.79 Å². The summed E-state index contributed by atoms with van der Waals surface area (Å²) < 4.78 is 6.09. The first-order valence-corrected chi connectivity index (χ1v) is 6.27. The minimum atomic E-state index is -0.162. The molecule has 0 spiro atoms. The molecule has 94 valence electrons. The zero-order valence-electron chi connectivity index (χ0n) is 10.2. The Morgan fingerprint density at radius 3 is 2.89 bits per heavy atom. The number of hydrogen-bond donors (Lipinski definition) is 0. The summed E-state index contributed by atoms with van der Waals surface area (Å²) in [7, 11) is 1.74. The normalized spacial score (nSPS) is 10.4. The molecule has 0 atom stereocenters. The number of aromatic nitrogens is 1. The van der Waals surface area contributed by atoms with Crippen LogP contribution in [0.25, 0.3) is 0 Å². The van der Waals surface area contributed by atoms with Crippen molar-refractivity contribution in [2.75, 3.05) is 7.05 Å². The second-order valence-electron chi connectivity index (χ2n) is 4.06. The van der Waals surface area contributed by atoms with E-state index in [1.54, 1.807) is 18.9 Å². The number of hydrogen-bond acceptors (Lipinski definition) is 3. The van der Waals surface area contributed by atoms with Crippen molar-refractivity contribution in [2.45, 2.75) is 13.5 Å². The highest BCUT2D eigenvalue weighted by Gasteiger charge is 2.18. The quantitative estimate of drug-likeness (QED) is 0.875. The smallest absolute Gasteiger partial charge is 0.291 e. The Morgan fingerprint density at radius 2 is 2.28 bits per heavy atom. The minimum Gasteiger partial charge on any atom is -0.438 e. The maximum absolute atomic E-state index is 12.1. The Morgan fingerprint density at radius 1 is 1.50 bits per heavy atom. The number of nitrogens with zero attached hydrogens (tertiary/aromatic N) is 2. The summed E-state index contributed by atoms with van der Waals surface area (Å²) in [5.74, 6) is 0.137. The van der Waals surface area contributed by atoms with Crippen LogP contribution in [-0.4, -0.2) is 22.8 Å². The Bertz CT molecular complexity index is 566. The van der Waals surface area contributed by atoms with Gasteiger partial charge in [0.05, 0.1) is 5.69 Å². The predicted octanol–water partition coefficient (Wildman–Crippen LogP) is 3.02. The van der Waals surface area contributed by atoms with E-state index in [1.165, 1.54) is 6.39 Å². The van der Waals surface area contributed by atoms with Crippen molar-refractivity contribution in [3.8, 4) is 0 Å². The lowest BCUT2D eigenvalue weighted by molar-refractivity contribution is 0.0752. The fourth-order valence-corrected chi connectivity index (χ4v) is 2.11. The second-order valence-corrected chi connectivity index (χ2v) is 4.97. The number of benzene rings is 1. The molecule has 0 aliphatic heterocycles. The van der Waals surface area contributed by atoms with E-state index in [4.69, 9.17) is 4.42 Å². The van der Waals surface area contributed by atoms with Crippen LogP contribution >= 0.6 is 15.9 Å². The zero-order chi connectivity index (χ0) is 13.1. The third-order valence-corrected chi connectivity index (χ3v) is 3.09. The lowest BCUT2D eigenvalue weighted by Crippen LogP contribution is -2.26. The number of carbonyl (C=O) groups is 1. The van der Waals surface area contributed by atoms with E-state index in [9.17, 15) is 4.79 Å². The fourth-order valence-electron chi connectivity index (χ4n) is 1.66. The third kappa shape index (κ3) is 2.79. The predicted molar refractivity (Wildman–Crippen MR) is 71.2 cm³/mol. The van der Waals surface area contributed by atoms with Gasteiger partial charge in [0, 0.05) is 18.1 Å². The van der Waals surface area contributed by atoms with Crippen molar-refractivity contribution in [1.29, 1.82) is 0 Å². The van der Waals surface area contributed by atoms with E-state index in [-0.39, 0.29) is 5.91 Å². The molecule has 0 radical (unpaired) electrons. The maximum Gasteiger partial charge on any atom is 0.291 e. The van der Waals surface area contributed by atoms with Crippen LogP contribution in [0.15, 0.2) is 39.5 Å². The van der Waals surface area contributed by atoms with E-state index >= 15 is 0 Å². The number of aryl methyl sites for hydroxylation is 1. The molecule has 18 heavy (non-hydrogen) atoms. The van der Waals surface area contributed by atoms with Crippen molar-refractivity contribution < 1.29 is 9.21 Å². The molecular formula is C13H13BrN2O2. The van der Waals surface area contributed by atoms with Crippen molar-refractivity contribution in [3.63, 3.8) is 0 Å². The van der Waals surface area contributed by atoms with Crippen molar-refractivity contribution in [2.24, 2.45) is 0 Å². The van der Waals surface area contributed by atoms with Gasteiger partial charge in [-0.05, 0) is 24.6 Å². The van der Waals surface area contributed by atoms with Crippen molar-refractivity contribution in [3.05, 3.63) is 52.1 Å². The standard InChI is InChI=1S/C13H13BrN2O2/c1-9-12(18-8-15-9)13(17)16(2)7-10-4-3-5-11(14)6-10/h3-6,8H,7H2,1-2H3. The lowest BCUT2D eigenvalue weighted by Gasteiger charge is -2.16. The highest BCUT2D eigenvalue weighted by Crippen LogP contribution is 2.15. The lowest BCUT2D eigenvalue weighted by atomic mass is 10.2. The van der Waals surface area contributed by atoms with Crippen LogP contribution in [0.5, 0.6) is 0 Å². The Hall–Kier alpha value is -1.62. The SMILES string of the molecule is Cc1ncoc1C(=O)N(C)Cc1cccc(Br)c1. The first-order chi connectivity index (χ1) is 8.58. The summed E-state index contributed by atoms with van der Waals surface area (Å²) in [5.41, 5.74) is 1.67. The molecule has 1 heterocycles. The summed E-state index contributed by atoms with van der Waals surface area (Å²) in [5, 5.41) is 0. The summed E-state index contributed by atoms with van der Waals surface area (Å²) in [4.78, 5) is 17.6. The third-order valence-electron chi connectivity index (χ3n) is 2.60. The van der Waals surface area contributed by atoms with Crippen molar-refractivity contribution in [1.82, 2.24) is 9.88 Å². The molecule has 0 fully saturated rings. The summed E-state index contributed by atoms with van der Waals surface area (Å²) in [6.07, 6.45) is 1.29. The molecule has 2 aromatic rings. The van der Waals surface area contributed by atoms with Gasteiger partial charge in [0.15, 0.2) is 6.39 Å². The van der Waals surface area contributed by atoms with Gasteiger partial charge in [-0.1, -0.05) is 28.1 Å². The molecular weight excluding hydrogens is 296 g/mol. The maximum atomic E-state index is 12.1. The van der Waals surface area contributed by atoms with Gasteiger partial charge in [0.25, 0.3) is 5.91 Å². The molecule has 0 N–H and O–H groups in total. The van der Waals surface area contributed by atoms with Gasteiger partial charge in [-0.25, -0.2) is 4.98 Å². The van der Waals surface area contributed by atoms with Crippen LogP contribution in [0.4, 0.5) is 0 Å². The molecule has 1 amide bonds. The number of rotatable bonds is 3. The number of amides is 1.